The van der Waals surface area contributed by atoms with Gasteiger partial charge < -0.3 is 10.6 Å². The summed E-state index contributed by atoms with van der Waals surface area (Å²) in [6, 6.07) is 15.2. The molecule has 2 N–H and O–H groups in total. The Balaban J connectivity index is 1.84. The van der Waals surface area contributed by atoms with E-state index in [2.05, 4.69) is 22.8 Å². The molecule has 0 amide bonds. The molecule has 128 valence electrons. The fourth-order valence-electron chi connectivity index (χ4n) is 2.26. The predicted molar refractivity (Wildman–Crippen MR) is 95.0 cm³/mol. The van der Waals surface area contributed by atoms with E-state index in [-0.39, 0.29) is 6.04 Å². The zero-order valence-electron chi connectivity index (χ0n) is 13.2. The summed E-state index contributed by atoms with van der Waals surface area (Å²) in [5.74, 6) is 0. The summed E-state index contributed by atoms with van der Waals surface area (Å²) >= 11 is 5.18. The van der Waals surface area contributed by atoms with Crippen molar-refractivity contribution in [3.63, 3.8) is 0 Å². The minimum atomic E-state index is -4.37. The second-order valence-corrected chi connectivity index (χ2v) is 6.01. The van der Waals surface area contributed by atoms with Gasteiger partial charge >= 0.3 is 6.18 Å². The van der Waals surface area contributed by atoms with Crippen LogP contribution in [0.1, 0.15) is 24.5 Å². The van der Waals surface area contributed by atoms with Crippen LogP contribution in [-0.2, 0) is 12.6 Å². The summed E-state index contributed by atoms with van der Waals surface area (Å²) in [5.41, 5.74) is 0.855. The van der Waals surface area contributed by atoms with Crippen LogP contribution in [0.25, 0.3) is 0 Å². The molecule has 1 atom stereocenters. The molecular formula is C18H19F3N2S. The van der Waals surface area contributed by atoms with Crippen LogP contribution < -0.4 is 10.6 Å². The Morgan fingerprint density at radius 3 is 2.46 bits per heavy atom. The minimum absolute atomic E-state index is 0.107. The molecule has 2 aromatic rings. The molecule has 0 saturated carbocycles. The molecule has 2 rings (SSSR count). The number of rotatable bonds is 5. The highest BCUT2D eigenvalue weighted by atomic mass is 32.1. The average molecular weight is 352 g/mol. The summed E-state index contributed by atoms with van der Waals surface area (Å²) in [6.07, 6.45) is -2.59. The van der Waals surface area contributed by atoms with Crippen molar-refractivity contribution in [3.05, 3.63) is 65.7 Å². The number of hydrogen-bond donors (Lipinski definition) is 2. The largest absolute Gasteiger partial charge is 0.416 e. The first-order valence-electron chi connectivity index (χ1n) is 7.63. The van der Waals surface area contributed by atoms with Crippen LogP contribution in [0.3, 0.4) is 0 Å². The Hall–Kier alpha value is -2.08. The first kappa shape index (κ1) is 18.3. The molecule has 0 bridgehead atoms. The SMILES string of the molecule is CC(CCc1ccccc1)NC(=S)Nc1cccc(C(F)(F)F)c1. The Morgan fingerprint density at radius 1 is 1.08 bits per heavy atom. The number of nitrogens with one attached hydrogen (secondary N) is 2. The van der Waals surface area contributed by atoms with Gasteiger partial charge in [-0.05, 0) is 55.7 Å². The second-order valence-electron chi connectivity index (χ2n) is 5.60. The molecule has 0 saturated heterocycles. The maximum absolute atomic E-state index is 12.7. The Kier molecular flexibility index (Phi) is 6.20. The number of aryl methyl sites for hydroxylation is 1. The number of alkyl halides is 3. The van der Waals surface area contributed by atoms with Gasteiger partial charge in [0.25, 0.3) is 0 Å². The third-order valence-electron chi connectivity index (χ3n) is 3.53. The lowest BCUT2D eigenvalue weighted by molar-refractivity contribution is -0.137. The highest BCUT2D eigenvalue weighted by Crippen LogP contribution is 2.30. The molecule has 0 aliphatic heterocycles. The van der Waals surface area contributed by atoms with Gasteiger partial charge in [-0.1, -0.05) is 36.4 Å². The third-order valence-corrected chi connectivity index (χ3v) is 3.75. The molecule has 24 heavy (non-hydrogen) atoms. The fourth-order valence-corrected chi connectivity index (χ4v) is 2.58. The van der Waals surface area contributed by atoms with Crippen molar-refractivity contribution in [3.8, 4) is 0 Å². The lowest BCUT2D eigenvalue weighted by Crippen LogP contribution is -2.36. The van der Waals surface area contributed by atoms with Gasteiger partial charge in [0.15, 0.2) is 5.11 Å². The van der Waals surface area contributed by atoms with E-state index >= 15 is 0 Å². The molecule has 1 unspecified atom stereocenters. The number of thiocarbonyl (C=S) groups is 1. The van der Waals surface area contributed by atoms with Crippen molar-refractivity contribution >= 4 is 23.0 Å². The van der Waals surface area contributed by atoms with E-state index in [9.17, 15) is 13.2 Å². The van der Waals surface area contributed by atoms with Crippen LogP contribution in [0.15, 0.2) is 54.6 Å². The van der Waals surface area contributed by atoms with Gasteiger partial charge in [-0.2, -0.15) is 13.2 Å². The summed E-state index contributed by atoms with van der Waals surface area (Å²) < 4.78 is 38.1. The lowest BCUT2D eigenvalue weighted by Gasteiger charge is -2.17. The average Bonchev–Trinajstić information content (AvgIpc) is 2.53. The van der Waals surface area contributed by atoms with E-state index < -0.39 is 11.7 Å². The third kappa shape index (κ3) is 5.85. The Morgan fingerprint density at radius 2 is 1.79 bits per heavy atom. The summed E-state index contributed by atoms with van der Waals surface area (Å²) in [4.78, 5) is 0. The quantitative estimate of drug-likeness (QED) is 0.740. The molecule has 0 aromatic heterocycles. The molecule has 6 heteroatoms. The van der Waals surface area contributed by atoms with Gasteiger partial charge in [0, 0.05) is 11.7 Å². The van der Waals surface area contributed by atoms with E-state index in [0.717, 1.165) is 25.0 Å². The lowest BCUT2D eigenvalue weighted by atomic mass is 10.1. The van der Waals surface area contributed by atoms with Crippen LogP contribution in [-0.4, -0.2) is 11.2 Å². The number of anilines is 1. The molecule has 0 fully saturated rings. The van der Waals surface area contributed by atoms with Gasteiger partial charge in [0.1, 0.15) is 0 Å². The summed E-state index contributed by atoms with van der Waals surface area (Å²) in [6.45, 7) is 1.99. The molecule has 0 spiro atoms. The van der Waals surface area contributed by atoms with Crippen LogP contribution >= 0.6 is 12.2 Å². The van der Waals surface area contributed by atoms with Crippen molar-refractivity contribution in [1.82, 2.24) is 5.32 Å². The van der Waals surface area contributed by atoms with Crippen molar-refractivity contribution in [2.24, 2.45) is 0 Å². The van der Waals surface area contributed by atoms with Gasteiger partial charge in [0.2, 0.25) is 0 Å². The number of halogens is 3. The standard InChI is InChI=1S/C18H19F3N2S/c1-13(10-11-14-6-3-2-4-7-14)22-17(24)23-16-9-5-8-15(12-16)18(19,20)21/h2-9,12-13H,10-11H2,1H3,(H2,22,23,24). The smallest absolute Gasteiger partial charge is 0.360 e. The van der Waals surface area contributed by atoms with Crippen molar-refractivity contribution in [2.75, 3.05) is 5.32 Å². The maximum atomic E-state index is 12.7. The zero-order valence-corrected chi connectivity index (χ0v) is 14.0. The van der Waals surface area contributed by atoms with Gasteiger partial charge in [-0.3, -0.25) is 0 Å². The fraction of sp³-hybridized carbons (Fsp3) is 0.278. The van der Waals surface area contributed by atoms with E-state index in [1.807, 2.05) is 25.1 Å². The Bertz CT molecular complexity index is 671. The topological polar surface area (TPSA) is 24.1 Å². The van der Waals surface area contributed by atoms with Crippen LogP contribution in [0.4, 0.5) is 18.9 Å². The van der Waals surface area contributed by atoms with Crippen LogP contribution in [0.2, 0.25) is 0 Å². The highest BCUT2D eigenvalue weighted by Gasteiger charge is 2.30. The van der Waals surface area contributed by atoms with Crippen molar-refractivity contribution < 1.29 is 13.2 Å². The normalized spacial score (nSPS) is 12.5. The van der Waals surface area contributed by atoms with Gasteiger partial charge in [-0.25, -0.2) is 0 Å². The highest BCUT2D eigenvalue weighted by molar-refractivity contribution is 7.80. The second kappa shape index (κ2) is 8.15. The minimum Gasteiger partial charge on any atom is -0.360 e. The molecule has 0 radical (unpaired) electrons. The summed E-state index contributed by atoms with van der Waals surface area (Å²) in [5, 5.41) is 6.21. The van der Waals surface area contributed by atoms with Gasteiger partial charge in [0.05, 0.1) is 5.56 Å². The Labute approximate surface area is 145 Å². The molecule has 0 heterocycles. The predicted octanol–water partition coefficient (Wildman–Crippen LogP) is 5.01. The first-order valence-corrected chi connectivity index (χ1v) is 8.04. The summed E-state index contributed by atoms with van der Waals surface area (Å²) in [7, 11) is 0. The number of hydrogen-bond acceptors (Lipinski definition) is 1. The molecular weight excluding hydrogens is 333 g/mol. The van der Waals surface area contributed by atoms with Crippen LogP contribution in [0.5, 0.6) is 0 Å². The molecule has 2 nitrogen and oxygen atoms in total. The monoisotopic (exact) mass is 352 g/mol. The van der Waals surface area contributed by atoms with E-state index in [0.29, 0.717) is 10.8 Å². The van der Waals surface area contributed by atoms with Crippen molar-refractivity contribution in [1.29, 1.82) is 0 Å². The maximum Gasteiger partial charge on any atom is 0.416 e. The molecule has 0 aliphatic rings. The van der Waals surface area contributed by atoms with E-state index in [1.165, 1.54) is 11.6 Å². The van der Waals surface area contributed by atoms with Gasteiger partial charge in [-0.15, -0.1) is 0 Å². The van der Waals surface area contributed by atoms with Crippen LogP contribution in [0, 0.1) is 0 Å². The first-order chi connectivity index (χ1) is 11.3. The molecule has 2 aromatic carbocycles. The molecule has 0 aliphatic carbocycles. The zero-order chi connectivity index (χ0) is 17.6. The van der Waals surface area contributed by atoms with Crippen molar-refractivity contribution in [2.45, 2.75) is 32.0 Å². The number of benzene rings is 2. The van der Waals surface area contributed by atoms with E-state index in [1.54, 1.807) is 6.07 Å². The van der Waals surface area contributed by atoms with E-state index in [4.69, 9.17) is 12.2 Å².